The van der Waals surface area contributed by atoms with Gasteiger partial charge in [0, 0.05) is 48.3 Å². The van der Waals surface area contributed by atoms with Gasteiger partial charge in [-0.05, 0) is 50.3 Å². The summed E-state index contributed by atoms with van der Waals surface area (Å²) in [6, 6.07) is 7.29. The number of halogens is 1. The summed E-state index contributed by atoms with van der Waals surface area (Å²) in [6.45, 7) is 2.28. The Morgan fingerprint density at radius 1 is 1.20 bits per heavy atom. The second-order valence-electron chi connectivity index (χ2n) is 7.19. The van der Waals surface area contributed by atoms with Gasteiger partial charge in [0.2, 0.25) is 5.95 Å². The standard InChI is InChI=1S/C19H25BrN4O/c1-25-17-8-9-24(12-17)16-5-3-15(4-6-16)22-19-21-11-13-10-14(20)2-7-18(13)23-19/h2,7,10-11,15-17H,3-6,8-9,12H2,1H3,(H,21,22,23)/t15?,16?,17-/m1/s1. The third kappa shape index (κ3) is 3.96. The summed E-state index contributed by atoms with van der Waals surface area (Å²) < 4.78 is 6.56. The van der Waals surface area contributed by atoms with Gasteiger partial charge in [-0.3, -0.25) is 4.90 Å². The molecule has 1 aliphatic carbocycles. The van der Waals surface area contributed by atoms with Crippen molar-refractivity contribution in [2.75, 3.05) is 25.5 Å². The lowest BCUT2D eigenvalue weighted by Gasteiger charge is -2.34. The molecule has 0 radical (unpaired) electrons. The van der Waals surface area contributed by atoms with E-state index in [9.17, 15) is 0 Å². The number of likely N-dealkylation sites (tertiary alicyclic amines) is 1. The van der Waals surface area contributed by atoms with E-state index in [1.165, 1.54) is 38.6 Å². The van der Waals surface area contributed by atoms with E-state index in [2.05, 4.69) is 36.1 Å². The molecule has 5 nitrogen and oxygen atoms in total. The maximum Gasteiger partial charge on any atom is 0.223 e. The molecule has 1 saturated carbocycles. The average molecular weight is 405 g/mol. The van der Waals surface area contributed by atoms with Gasteiger partial charge in [0.1, 0.15) is 0 Å². The summed E-state index contributed by atoms with van der Waals surface area (Å²) in [5.41, 5.74) is 0.983. The lowest BCUT2D eigenvalue weighted by Crippen LogP contribution is -2.40. The Labute approximate surface area is 157 Å². The van der Waals surface area contributed by atoms with Crippen molar-refractivity contribution in [1.29, 1.82) is 0 Å². The highest BCUT2D eigenvalue weighted by atomic mass is 79.9. The molecule has 1 atom stereocenters. The topological polar surface area (TPSA) is 50.3 Å². The van der Waals surface area contributed by atoms with Gasteiger partial charge in [0.25, 0.3) is 0 Å². The summed E-state index contributed by atoms with van der Waals surface area (Å²) in [5.74, 6) is 0.749. The van der Waals surface area contributed by atoms with Gasteiger partial charge in [-0.25, -0.2) is 9.97 Å². The van der Waals surface area contributed by atoms with Crippen LogP contribution in [0, 0.1) is 0 Å². The molecular formula is C19H25BrN4O. The van der Waals surface area contributed by atoms with E-state index < -0.39 is 0 Å². The van der Waals surface area contributed by atoms with E-state index >= 15 is 0 Å². The number of nitrogens with one attached hydrogen (secondary N) is 1. The van der Waals surface area contributed by atoms with E-state index in [4.69, 9.17) is 4.74 Å². The van der Waals surface area contributed by atoms with Crippen LogP contribution in [0.5, 0.6) is 0 Å². The Morgan fingerprint density at radius 2 is 2.04 bits per heavy atom. The molecule has 1 aromatic carbocycles. The molecule has 0 bridgehead atoms. The molecule has 1 aliphatic heterocycles. The number of fused-ring (bicyclic) bond motifs is 1. The first-order valence-corrected chi connectivity index (χ1v) is 9.96. The Morgan fingerprint density at radius 3 is 2.80 bits per heavy atom. The van der Waals surface area contributed by atoms with Crippen molar-refractivity contribution in [2.45, 2.75) is 50.3 Å². The minimum absolute atomic E-state index is 0.432. The molecule has 2 aliphatic rings. The number of nitrogens with zero attached hydrogens (tertiary/aromatic N) is 3. The molecule has 6 heteroatoms. The van der Waals surface area contributed by atoms with Crippen LogP contribution >= 0.6 is 15.9 Å². The fraction of sp³-hybridized carbons (Fsp3) is 0.579. The van der Waals surface area contributed by atoms with E-state index in [0.29, 0.717) is 18.2 Å². The van der Waals surface area contributed by atoms with Gasteiger partial charge in [-0.1, -0.05) is 15.9 Å². The summed E-state index contributed by atoms with van der Waals surface area (Å²) in [4.78, 5) is 11.8. The third-order valence-corrected chi connectivity index (χ3v) is 6.09. The van der Waals surface area contributed by atoms with Gasteiger partial charge in [0.15, 0.2) is 0 Å². The molecule has 0 spiro atoms. The van der Waals surface area contributed by atoms with Crippen LogP contribution in [0.3, 0.4) is 0 Å². The SMILES string of the molecule is CO[C@@H]1CCN(C2CCC(Nc3ncc4cc(Br)ccc4n3)CC2)C1. The van der Waals surface area contributed by atoms with E-state index in [0.717, 1.165) is 27.9 Å². The fourth-order valence-corrected chi connectivity index (χ4v) is 4.50. The van der Waals surface area contributed by atoms with Crippen LogP contribution in [-0.2, 0) is 4.74 Å². The number of methoxy groups -OCH3 is 1. The highest BCUT2D eigenvalue weighted by Gasteiger charge is 2.31. The molecule has 134 valence electrons. The van der Waals surface area contributed by atoms with Gasteiger partial charge in [-0.15, -0.1) is 0 Å². The van der Waals surface area contributed by atoms with Crippen molar-refractivity contribution in [2.24, 2.45) is 0 Å². The van der Waals surface area contributed by atoms with Crippen LogP contribution in [0.4, 0.5) is 5.95 Å². The van der Waals surface area contributed by atoms with Crippen molar-refractivity contribution >= 4 is 32.8 Å². The molecule has 2 fully saturated rings. The average Bonchev–Trinajstić information content (AvgIpc) is 3.12. The Balaban J connectivity index is 1.33. The first-order valence-electron chi connectivity index (χ1n) is 9.17. The molecule has 1 saturated heterocycles. The third-order valence-electron chi connectivity index (χ3n) is 5.60. The van der Waals surface area contributed by atoms with Crippen molar-refractivity contribution in [3.8, 4) is 0 Å². The second kappa shape index (κ2) is 7.56. The molecule has 0 unspecified atom stereocenters. The summed E-state index contributed by atoms with van der Waals surface area (Å²) >= 11 is 3.49. The number of hydrogen-bond donors (Lipinski definition) is 1. The number of hydrogen-bond acceptors (Lipinski definition) is 5. The van der Waals surface area contributed by atoms with Crippen LogP contribution in [0.25, 0.3) is 10.9 Å². The molecule has 25 heavy (non-hydrogen) atoms. The molecule has 2 heterocycles. The first-order chi connectivity index (χ1) is 12.2. The molecular weight excluding hydrogens is 380 g/mol. The lowest BCUT2D eigenvalue weighted by atomic mass is 9.90. The normalized spacial score (nSPS) is 27.7. The Bertz CT molecular complexity index is 732. The maximum atomic E-state index is 5.50. The molecule has 1 N–H and O–H groups in total. The zero-order valence-electron chi connectivity index (χ0n) is 14.6. The van der Waals surface area contributed by atoms with Gasteiger partial charge in [-0.2, -0.15) is 0 Å². The van der Waals surface area contributed by atoms with Crippen LogP contribution < -0.4 is 5.32 Å². The van der Waals surface area contributed by atoms with Crippen LogP contribution in [-0.4, -0.2) is 53.3 Å². The fourth-order valence-electron chi connectivity index (χ4n) is 4.12. The zero-order valence-corrected chi connectivity index (χ0v) is 16.2. The first kappa shape index (κ1) is 17.2. The quantitative estimate of drug-likeness (QED) is 0.838. The van der Waals surface area contributed by atoms with Gasteiger partial charge in [0.05, 0.1) is 11.6 Å². The van der Waals surface area contributed by atoms with Crippen molar-refractivity contribution < 1.29 is 4.74 Å². The molecule has 4 rings (SSSR count). The minimum atomic E-state index is 0.432. The minimum Gasteiger partial charge on any atom is -0.380 e. The smallest absolute Gasteiger partial charge is 0.223 e. The maximum absolute atomic E-state index is 5.50. The highest BCUT2D eigenvalue weighted by Crippen LogP contribution is 2.28. The summed E-state index contributed by atoms with van der Waals surface area (Å²) in [5, 5.41) is 4.60. The predicted octanol–water partition coefficient (Wildman–Crippen LogP) is 3.84. The van der Waals surface area contributed by atoms with E-state index in [1.54, 1.807) is 0 Å². The number of rotatable bonds is 4. The zero-order chi connectivity index (χ0) is 17.2. The van der Waals surface area contributed by atoms with Crippen LogP contribution in [0.15, 0.2) is 28.9 Å². The summed E-state index contributed by atoms with van der Waals surface area (Å²) in [7, 11) is 1.83. The highest BCUT2D eigenvalue weighted by molar-refractivity contribution is 9.10. The van der Waals surface area contributed by atoms with Crippen molar-refractivity contribution in [3.05, 3.63) is 28.9 Å². The number of anilines is 1. The van der Waals surface area contributed by atoms with Gasteiger partial charge >= 0.3 is 0 Å². The Hall–Kier alpha value is -1.24. The van der Waals surface area contributed by atoms with Crippen LogP contribution in [0.2, 0.25) is 0 Å². The largest absolute Gasteiger partial charge is 0.380 e. The van der Waals surface area contributed by atoms with Gasteiger partial charge < -0.3 is 10.1 Å². The second-order valence-corrected chi connectivity index (χ2v) is 8.10. The van der Waals surface area contributed by atoms with Crippen molar-refractivity contribution in [1.82, 2.24) is 14.9 Å². The number of benzene rings is 1. The monoisotopic (exact) mass is 404 g/mol. The lowest BCUT2D eigenvalue weighted by molar-refractivity contribution is 0.0947. The molecule has 0 amide bonds. The van der Waals surface area contributed by atoms with Crippen LogP contribution in [0.1, 0.15) is 32.1 Å². The van der Waals surface area contributed by atoms with Crippen molar-refractivity contribution in [3.63, 3.8) is 0 Å². The Kier molecular flexibility index (Phi) is 5.20. The molecule has 2 aromatic rings. The predicted molar refractivity (Wildman–Crippen MR) is 104 cm³/mol. The van der Waals surface area contributed by atoms with E-state index in [1.807, 2.05) is 31.5 Å². The number of aromatic nitrogens is 2. The summed E-state index contributed by atoms with van der Waals surface area (Å²) in [6.07, 6.45) is 8.36. The van der Waals surface area contributed by atoms with E-state index in [-0.39, 0.29) is 0 Å². The molecule has 1 aromatic heterocycles. The number of ether oxygens (including phenoxy) is 1.